The van der Waals surface area contributed by atoms with Crippen LogP contribution in [0.25, 0.3) is 0 Å². The highest BCUT2D eigenvalue weighted by Crippen LogP contribution is 2.18. The summed E-state index contributed by atoms with van der Waals surface area (Å²) < 4.78 is 19.4. The third-order valence-electron chi connectivity index (χ3n) is 3.21. The van der Waals surface area contributed by atoms with Gasteiger partial charge in [-0.2, -0.15) is 0 Å². The average Bonchev–Trinajstić information content (AvgIpc) is 2.47. The molecule has 0 aliphatic rings. The Morgan fingerprint density at radius 3 is 2.55 bits per heavy atom. The predicted octanol–water partition coefficient (Wildman–Crippen LogP) is 3.86. The van der Waals surface area contributed by atoms with Crippen molar-refractivity contribution in [2.45, 2.75) is 19.9 Å². The van der Waals surface area contributed by atoms with E-state index in [1.807, 2.05) is 43.3 Å². The maximum Gasteiger partial charge on any atom is 0.126 e. The minimum Gasteiger partial charge on any atom is -0.492 e. The van der Waals surface area contributed by atoms with E-state index in [0.29, 0.717) is 12.2 Å². The molecule has 1 unspecified atom stereocenters. The molecule has 0 aromatic heterocycles. The van der Waals surface area contributed by atoms with Crippen molar-refractivity contribution in [2.24, 2.45) is 0 Å². The van der Waals surface area contributed by atoms with Gasteiger partial charge < -0.3 is 10.1 Å². The number of rotatable bonds is 6. The molecular weight excluding hydrogens is 253 g/mol. The molecule has 0 fully saturated rings. The van der Waals surface area contributed by atoms with Gasteiger partial charge in [-0.05, 0) is 42.8 Å². The van der Waals surface area contributed by atoms with Crippen molar-refractivity contribution in [3.05, 3.63) is 65.5 Å². The van der Waals surface area contributed by atoms with Gasteiger partial charge in [-0.25, -0.2) is 4.39 Å². The standard InChI is InChI=1S/C17H20FNO/c1-3-19-17(12-20-15-7-5-4-6-8-15)14-10-9-13(2)16(18)11-14/h4-11,17,19H,3,12H2,1-2H3. The van der Waals surface area contributed by atoms with Crippen molar-refractivity contribution in [2.75, 3.05) is 13.2 Å². The first-order chi connectivity index (χ1) is 9.70. The Bertz CT molecular complexity index is 542. The molecule has 0 bridgehead atoms. The average molecular weight is 273 g/mol. The smallest absolute Gasteiger partial charge is 0.126 e. The summed E-state index contributed by atoms with van der Waals surface area (Å²) in [4.78, 5) is 0. The van der Waals surface area contributed by atoms with Crippen LogP contribution in [-0.4, -0.2) is 13.2 Å². The van der Waals surface area contributed by atoms with Gasteiger partial charge >= 0.3 is 0 Å². The first-order valence-corrected chi connectivity index (χ1v) is 6.88. The van der Waals surface area contributed by atoms with Crippen LogP contribution in [-0.2, 0) is 0 Å². The second kappa shape index (κ2) is 7.06. The third-order valence-corrected chi connectivity index (χ3v) is 3.21. The second-order valence-corrected chi connectivity index (χ2v) is 4.74. The van der Waals surface area contributed by atoms with Gasteiger partial charge in [0.05, 0.1) is 6.04 Å². The van der Waals surface area contributed by atoms with Crippen LogP contribution in [0.1, 0.15) is 24.1 Å². The summed E-state index contributed by atoms with van der Waals surface area (Å²) >= 11 is 0. The fourth-order valence-electron chi connectivity index (χ4n) is 2.04. The van der Waals surface area contributed by atoms with E-state index in [1.165, 1.54) is 0 Å². The zero-order valence-corrected chi connectivity index (χ0v) is 11.9. The van der Waals surface area contributed by atoms with E-state index in [-0.39, 0.29) is 11.9 Å². The van der Waals surface area contributed by atoms with Gasteiger partial charge in [0.15, 0.2) is 0 Å². The Morgan fingerprint density at radius 1 is 1.15 bits per heavy atom. The lowest BCUT2D eigenvalue weighted by atomic mass is 10.1. The van der Waals surface area contributed by atoms with Gasteiger partial charge in [0.2, 0.25) is 0 Å². The zero-order chi connectivity index (χ0) is 14.4. The molecule has 3 heteroatoms. The van der Waals surface area contributed by atoms with Gasteiger partial charge in [0.25, 0.3) is 0 Å². The van der Waals surface area contributed by atoms with E-state index < -0.39 is 0 Å². The number of halogens is 1. The molecule has 106 valence electrons. The molecule has 0 spiro atoms. The van der Waals surface area contributed by atoms with E-state index in [2.05, 4.69) is 5.32 Å². The molecule has 2 aromatic carbocycles. The molecule has 2 aromatic rings. The van der Waals surface area contributed by atoms with E-state index >= 15 is 0 Å². The lowest BCUT2D eigenvalue weighted by molar-refractivity contribution is 0.268. The van der Waals surface area contributed by atoms with Crippen molar-refractivity contribution in [3.8, 4) is 5.75 Å². The van der Waals surface area contributed by atoms with Gasteiger partial charge in [-0.15, -0.1) is 0 Å². The number of ether oxygens (including phenoxy) is 1. The van der Waals surface area contributed by atoms with Crippen LogP contribution in [0, 0.1) is 12.7 Å². The molecule has 0 heterocycles. The number of aryl methyl sites for hydroxylation is 1. The van der Waals surface area contributed by atoms with Crippen LogP contribution in [0.2, 0.25) is 0 Å². The number of hydrogen-bond donors (Lipinski definition) is 1. The van der Waals surface area contributed by atoms with Crippen molar-refractivity contribution in [1.29, 1.82) is 0 Å². The zero-order valence-electron chi connectivity index (χ0n) is 11.9. The topological polar surface area (TPSA) is 21.3 Å². The highest BCUT2D eigenvalue weighted by Gasteiger charge is 2.12. The maximum absolute atomic E-state index is 13.7. The lowest BCUT2D eigenvalue weighted by Gasteiger charge is -2.19. The Labute approximate surface area is 119 Å². The Hall–Kier alpha value is -1.87. The molecule has 2 rings (SSSR count). The number of hydrogen-bond acceptors (Lipinski definition) is 2. The third kappa shape index (κ3) is 3.81. The van der Waals surface area contributed by atoms with Crippen LogP contribution in [0.3, 0.4) is 0 Å². The molecule has 1 atom stereocenters. The molecule has 0 radical (unpaired) electrons. The van der Waals surface area contributed by atoms with Crippen LogP contribution >= 0.6 is 0 Å². The van der Waals surface area contributed by atoms with Gasteiger partial charge in [0.1, 0.15) is 18.2 Å². The summed E-state index contributed by atoms with van der Waals surface area (Å²) in [7, 11) is 0. The summed E-state index contributed by atoms with van der Waals surface area (Å²) in [6.07, 6.45) is 0. The van der Waals surface area contributed by atoms with Gasteiger partial charge in [0, 0.05) is 0 Å². The molecule has 0 aliphatic heterocycles. The first kappa shape index (κ1) is 14.5. The number of likely N-dealkylation sites (N-methyl/N-ethyl adjacent to an activating group) is 1. The fraction of sp³-hybridized carbons (Fsp3) is 0.294. The molecule has 1 N–H and O–H groups in total. The fourth-order valence-corrected chi connectivity index (χ4v) is 2.04. The summed E-state index contributed by atoms with van der Waals surface area (Å²) in [6.45, 7) is 5.07. The van der Waals surface area contributed by atoms with Crippen LogP contribution < -0.4 is 10.1 Å². The minimum absolute atomic E-state index is 0.0182. The molecule has 0 saturated heterocycles. The maximum atomic E-state index is 13.7. The second-order valence-electron chi connectivity index (χ2n) is 4.74. The minimum atomic E-state index is -0.176. The Morgan fingerprint density at radius 2 is 1.90 bits per heavy atom. The number of benzene rings is 2. The van der Waals surface area contributed by atoms with Crippen molar-refractivity contribution in [1.82, 2.24) is 5.32 Å². The summed E-state index contributed by atoms with van der Waals surface area (Å²) in [5.41, 5.74) is 1.57. The van der Waals surface area contributed by atoms with E-state index in [1.54, 1.807) is 19.1 Å². The van der Waals surface area contributed by atoms with Crippen LogP contribution in [0.4, 0.5) is 4.39 Å². The summed E-state index contributed by atoms with van der Waals surface area (Å²) in [6, 6.07) is 15.0. The number of para-hydroxylation sites is 1. The molecule has 0 aliphatic carbocycles. The Balaban J connectivity index is 2.08. The van der Waals surface area contributed by atoms with Crippen molar-refractivity contribution in [3.63, 3.8) is 0 Å². The predicted molar refractivity (Wildman–Crippen MR) is 79.5 cm³/mol. The highest BCUT2D eigenvalue weighted by molar-refractivity contribution is 5.26. The first-order valence-electron chi connectivity index (χ1n) is 6.88. The van der Waals surface area contributed by atoms with Crippen LogP contribution in [0.5, 0.6) is 5.75 Å². The van der Waals surface area contributed by atoms with Gasteiger partial charge in [-0.3, -0.25) is 0 Å². The van der Waals surface area contributed by atoms with E-state index in [4.69, 9.17) is 4.74 Å². The summed E-state index contributed by atoms with van der Waals surface area (Å²) in [5.74, 6) is 0.646. The normalized spacial score (nSPS) is 12.2. The number of nitrogens with one attached hydrogen (secondary N) is 1. The highest BCUT2D eigenvalue weighted by atomic mass is 19.1. The molecule has 0 saturated carbocycles. The van der Waals surface area contributed by atoms with Crippen molar-refractivity contribution >= 4 is 0 Å². The SMILES string of the molecule is CCNC(COc1ccccc1)c1ccc(C)c(F)c1. The molecule has 20 heavy (non-hydrogen) atoms. The molecular formula is C17H20FNO. The van der Waals surface area contributed by atoms with Gasteiger partial charge in [-0.1, -0.05) is 37.3 Å². The lowest BCUT2D eigenvalue weighted by Crippen LogP contribution is -2.26. The molecule has 0 amide bonds. The summed E-state index contributed by atoms with van der Waals surface area (Å²) in [5, 5.41) is 3.32. The Kier molecular flexibility index (Phi) is 5.13. The molecule has 2 nitrogen and oxygen atoms in total. The monoisotopic (exact) mass is 273 g/mol. The largest absolute Gasteiger partial charge is 0.492 e. The van der Waals surface area contributed by atoms with Crippen LogP contribution in [0.15, 0.2) is 48.5 Å². The quantitative estimate of drug-likeness (QED) is 0.862. The van der Waals surface area contributed by atoms with Crippen molar-refractivity contribution < 1.29 is 9.13 Å². The van der Waals surface area contributed by atoms with E-state index in [0.717, 1.165) is 17.9 Å². The van der Waals surface area contributed by atoms with E-state index in [9.17, 15) is 4.39 Å².